The van der Waals surface area contributed by atoms with E-state index in [1.54, 1.807) is 18.3 Å². The smallest absolute Gasteiger partial charge is 0.335 e. The van der Waals surface area contributed by atoms with Crippen molar-refractivity contribution in [3.8, 4) is 5.69 Å². The number of aromatic carboxylic acids is 1. The van der Waals surface area contributed by atoms with Gasteiger partial charge in [0.15, 0.2) is 5.11 Å². The Bertz CT molecular complexity index is 1470. The number of thiocarbonyl (C=S) groups is 1. The average molecular weight is 517 g/mol. The van der Waals surface area contributed by atoms with Gasteiger partial charge in [-0.25, -0.2) is 4.79 Å². The maximum atomic E-state index is 11.7. The first-order valence-corrected chi connectivity index (χ1v) is 12.3. The molecule has 0 aliphatic carbocycles. The Morgan fingerprint density at radius 1 is 1.06 bits per heavy atom. The fourth-order valence-corrected chi connectivity index (χ4v) is 5.46. The summed E-state index contributed by atoms with van der Waals surface area (Å²) >= 11 is 12.0. The number of nitrogens with one attached hydrogen (secondary N) is 1. The highest BCUT2D eigenvalue weighted by molar-refractivity contribution is 7.80. The summed E-state index contributed by atoms with van der Waals surface area (Å²) in [6, 6.07) is 20.5. The molecule has 5 rings (SSSR count). The SMILES string of the molecule is Cc1ccc(C(=O)O)cc1-n1c(C)cc([C@H]2[C@H](c3ccccn3)NC(=S)N2c2ccc(Cl)cc2)c1C. The molecule has 182 valence electrons. The summed E-state index contributed by atoms with van der Waals surface area (Å²) in [6.45, 7) is 6.08. The highest BCUT2D eigenvalue weighted by atomic mass is 35.5. The molecular formula is C28H25ClN4O2S. The van der Waals surface area contributed by atoms with Gasteiger partial charge in [0.05, 0.1) is 23.3 Å². The van der Waals surface area contributed by atoms with E-state index in [0.717, 1.165) is 39.6 Å². The van der Waals surface area contributed by atoms with Gasteiger partial charge in [-0.3, -0.25) is 4.98 Å². The zero-order valence-corrected chi connectivity index (χ0v) is 21.6. The number of aryl methyl sites for hydroxylation is 2. The molecule has 1 aliphatic heterocycles. The lowest BCUT2D eigenvalue weighted by atomic mass is 9.96. The number of aromatic nitrogens is 2. The summed E-state index contributed by atoms with van der Waals surface area (Å²) in [5.74, 6) is -0.951. The van der Waals surface area contributed by atoms with Crippen LogP contribution in [0.2, 0.25) is 5.02 Å². The van der Waals surface area contributed by atoms with Crippen LogP contribution in [0, 0.1) is 20.8 Å². The van der Waals surface area contributed by atoms with E-state index in [1.165, 1.54) is 0 Å². The standard InChI is InChI=1S/C28H25ClN4O2S/c1-16-7-8-19(27(34)35)15-24(16)32-17(2)14-22(18(32)3)26-25(23-6-4-5-13-30-23)31-28(36)33(26)21-11-9-20(29)10-12-21/h4-15,25-26H,1-3H3,(H,31,36)(H,34,35)/t25-,26-/m0/s1. The van der Waals surface area contributed by atoms with Crippen LogP contribution in [-0.4, -0.2) is 25.7 Å². The van der Waals surface area contributed by atoms with Gasteiger partial charge < -0.3 is 19.9 Å². The molecule has 8 heteroatoms. The average Bonchev–Trinajstić information content (AvgIpc) is 3.35. The van der Waals surface area contributed by atoms with Crippen molar-refractivity contribution in [1.29, 1.82) is 0 Å². The predicted molar refractivity (Wildman–Crippen MR) is 146 cm³/mol. The second kappa shape index (κ2) is 9.41. The van der Waals surface area contributed by atoms with Crippen molar-refractivity contribution in [3.05, 3.63) is 112 Å². The van der Waals surface area contributed by atoms with Crippen molar-refractivity contribution >= 4 is 40.6 Å². The lowest BCUT2D eigenvalue weighted by Gasteiger charge is -2.28. The van der Waals surface area contributed by atoms with Gasteiger partial charge in [0, 0.05) is 34.0 Å². The molecule has 0 spiro atoms. The Morgan fingerprint density at radius 2 is 1.81 bits per heavy atom. The van der Waals surface area contributed by atoms with Gasteiger partial charge in [0.1, 0.15) is 0 Å². The zero-order chi connectivity index (χ0) is 25.6. The van der Waals surface area contributed by atoms with E-state index in [9.17, 15) is 9.90 Å². The molecule has 3 heterocycles. The molecule has 36 heavy (non-hydrogen) atoms. The number of pyridine rings is 1. The second-order valence-electron chi connectivity index (χ2n) is 8.94. The predicted octanol–water partition coefficient (Wildman–Crippen LogP) is 6.33. The fourth-order valence-electron chi connectivity index (χ4n) is 4.99. The van der Waals surface area contributed by atoms with Crippen LogP contribution in [0.4, 0.5) is 5.69 Å². The third-order valence-corrected chi connectivity index (χ3v) is 7.26. The first kappa shape index (κ1) is 24.0. The lowest BCUT2D eigenvalue weighted by Crippen LogP contribution is -2.29. The van der Waals surface area contributed by atoms with E-state index in [0.29, 0.717) is 10.1 Å². The third-order valence-electron chi connectivity index (χ3n) is 6.69. The summed E-state index contributed by atoms with van der Waals surface area (Å²) < 4.78 is 2.12. The van der Waals surface area contributed by atoms with Crippen molar-refractivity contribution in [2.75, 3.05) is 4.90 Å². The topological polar surface area (TPSA) is 70.4 Å². The van der Waals surface area contributed by atoms with Crippen molar-refractivity contribution in [3.63, 3.8) is 0 Å². The van der Waals surface area contributed by atoms with Gasteiger partial charge in [-0.05, 0) is 98.7 Å². The van der Waals surface area contributed by atoms with E-state index in [4.69, 9.17) is 23.8 Å². The van der Waals surface area contributed by atoms with E-state index < -0.39 is 5.97 Å². The summed E-state index contributed by atoms with van der Waals surface area (Å²) in [5, 5.41) is 14.3. The monoisotopic (exact) mass is 516 g/mol. The van der Waals surface area contributed by atoms with Crippen molar-refractivity contribution in [1.82, 2.24) is 14.9 Å². The number of hydrogen-bond acceptors (Lipinski definition) is 3. The molecule has 2 aromatic heterocycles. The number of rotatable bonds is 5. The molecule has 0 amide bonds. The van der Waals surface area contributed by atoms with Crippen molar-refractivity contribution in [2.24, 2.45) is 0 Å². The summed E-state index contributed by atoms with van der Waals surface area (Å²) in [7, 11) is 0. The van der Waals surface area contributed by atoms with E-state index in [1.807, 2.05) is 62.4 Å². The first-order valence-electron chi connectivity index (χ1n) is 11.6. The minimum atomic E-state index is -0.951. The molecule has 1 aliphatic rings. The molecule has 0 bridgehead atoms. The number of carbonyl (C=O) groups is 1. The number of hydrogen-bond donors (Lipinski definition) is 2. The molecule has 0 radical (unpaired) electrons. The summed E-state index contributed by atoms with van der Waals surface area (Å²) in [5.41, 5.74) is 6.98. The molecule has 2 aromatic carbocycles. The highest BCUT2D eigenvalue weighted by Gasteiger charge is 2.42. The van der Waals surface area contributed by atoms with E-state index in [2.05, 4.69) is 32.8 Å². The molecule has 2 atom stereocenters. The van der Waals surface area contributed by atoms with E-state index in [-0.39, 0.29) is 17.6 Å². The number of carboxylic acid groups (broad SMARTS) is 1. The summed E-state index contributed by atoms with van der Waals surface area (Å²) in [6.07, 6.45) is 1.78. The molecular weight excluding hydrogens is 492 g/mol. The maximum absolute atomic E-state index is 11.7. The minimum Gasteiger partial charge on any atom is -0.478 e. The largest absolute Gasteiger partial charge is 0.478 e. The number of nitrogens with zero attached hydrogens (tertiary/aromatic N) is 3. The molecule has 1 saturated heterocycles. The minimum absolute atomic E-state index is 0.184. The molecule has 0 saturated carbocycles. The van der Waals surface area contributed by atoms with Crippen LogP contribution >= 0.6 is 23.8 Å². The zero-order valence-electron chi connectivity index (χ0n) is 20.1. The molecule has 6 nitrogen and oxygen atoms in total. The summed E-state index contributed by atoms with van der Waals surface area (Å²) in [4.78, 5) is 18.4. The van der Waals surface area contributed by atoms with Crippen LogP contribution in [0.15, 0.2) is 72.9 Å². The van der Waals surface area contributed by atoms with Gasteiger partial charge in [-0.2, -0.15) is 0 Å². The third kappa shape index (κ3) is 4.14. The second-order valence-corrected chi connectivity index (χ2v) is 9.76. The van der Waals surface area contributed by atoms with Gasteiger partial charge in [-0.1, -0.05) is 23.7 Å². The Kier molecular flexibility index (Phi) is 6.28. The van der Waals surface area contributed by atoms with Crippen LogP contribution in [0.25, 0.3) is 5.69 Å². The Morgan fingerprint density at radius 3 is 2.47 bits per heavy atom. The van der Waals surface area contributed by atoms with Gasteiger partial charge in [0.25, 0.3) is 0 Å². The van der Waals surface area contributed by atoms with E-state index >= 15 is 0 Å². The fraction of sp³-hybridized carbons (Fsp3) is 0.179. The Hall–Kier alpha value is -3.68. The molecule has 0 unspecified atom stereocenters. The van der Waals surface area contributed by atoms with Crippen molar-refractivity contribution in [2.45, 2.75) is 32.9 Å². The number of halogens is 1. The highest BCUT2D eigenvalue weighted by Crippen LogP contribution is 2.44. The van der Waals surface area contributed by atoms with Crippen LogP contribution in [-0.2, 0) is 0 Å². The Labute approximate surface area is 220 Å². The molecule has 2 N–H and O–H groups in total. The quantitative estimate of drug-likeness (QED) is 0.302. The van der Waals surface area contributed by atoms with Crippen LogP contribution < -0.4 is 10.2 Å². The lowest BCUT2D eigenvalue weighted by molar-refractivity contribution is 0.0697. The number of benzene rings is 2. The van der Waals surface area contributed by atoms with Crippen LogP contribution in [0.1, 0.15) is 50.7 Å². The number of carboxylic acids is 1. The number of anilines is 1. The maximum Gasteiger partial charge on any atom is 0.335 e. The Balaban J connectivity index is 1.69. The van der Waals surface area contributed by atoms with Gasteiger partial charge in [-0.15, -0.1) is 0 Å². The van der Waals surface area contributed by atoms with Crippen LogP contribution in [0.3, 0.4) is 0 Å². The van der Waals surface area contributed by atoms with Gasteiger partial charge in [0.2, 0.25) is 0 Å². The first-order chi connectivity index (χ1) is 17.3. The molecule has 1 fully saturated rings. The van der Waals surface area contributed by atoms with Gasteiger partial charge >= 0.3 is 5.97 Å². The molecule has 4 aromatic rings. The van der Waals surface area contributed by atoms with Crippen LogP contribution in [0.5, 0.6) is 0 Å². The van der Waals surface area contributed by atoms with Crippen molar-refractivity contribution < 1.29 is 9.90 Å². The normalized spacial score (nSPS) is 17.3.